The van der Waals surface area contributed by atoms with Crippen molar-refractivity contribution < 1.29 is 0 Å². The minimum Gasteiger partial charge on any atom is -0.248 e. The third-order valence-electron chi connectivity index (χ3n) is 2.32. The quantitative estimate of drug-likeness (QED) is 0.714. The van der Waals surface area contributed by atoms with Gasteiger partial charge in [-0.05, 0) is 30.2 Å². The van der Waals surface area contributed by atoms with Crippen LogP contribution < -0.4 is 0 Å². The van der Waals surface area contributed by atoms with Crippen molar-refractivity contribution in [3.63, 3.8) is 0 Å². The van der Waals surface area contributed by atoms with E-state index < -0.39 is 0 Å². The highest BCUT2D eigenvalue weighted by atomic mass is 35.5. The molecule has 0 unspecified atom stereocenters. The van der Waals surface area contributed by atoms with Crippen LogP contribution in [-0.4, -0.2) is 4.98 Å². The molecule has 0 saturated heterocycles. The van der Waals surface area contributed by atoms with Crippen molar-refractivity contribution in [2.24, 2.45) is 0 Å². The predicted octanol–water partition coefficient (Wildman–Crippen LogP) is 5.21. The SMILES string of the molecule is CC(C)c1cnc(CSc2ccc(Cl)cc2)s1. The zero-order chi connectivity index (χ0) is 12.3. The Morgan fingerprint density at radius 2 is 2.00 bits per heavy atom. The van der Waals surface area contributed by atoms with Crippen LogP contribution in [0.3, 0.4) is 0 Å². The number of benzene rings is 1. The molecule has 0 aliphatic rings. The van der Waals surface area contributed by atoms with Gasteiger partial charge in [0.25, 0.3) is 0 Å². The summed E-state index contributed by atoms with van der Waals surface area (Å²) in [5, 5.41) is 1.97. The molecule has 0 aliphatic heterocycles. The van der Waals surface area contributed by atoms with Crippen LogP contribution in [0.5, 0.6) is 0 Å². The summed E-state index contributed by atoms with van der Waals surface area (Å²) in [4.78, 5) is 7.03. The molecule has 0 aliphatic carbocycles. The molecule has 0 N–H and O–H groups in total. The Bertz CT molecular complexity index is 476. The first-order chi connectivity index (χ1) is 8.15. The number of thioether (sulfide) groups is 1. The van der Waals surface area contributed by atoms with E-state index in [1.165, 1.54) is 14.8 Å². The Morgan fingerprint density at radius 3 is 2.59 bits per heavy atom. The third-order valence-corrected chi connectivity index (χ3v) is 5.07. The molecule has 90 valence electrons. The van der Waals surface area contributed by atoms with E-state index >= 15 is 0 Å². The van der Waals surface area contributed by atoms with Gasteiger partial charge in [0, 0.05) is 21.0 Å². The number of thiazole rings is 1. The van der Waals surface area contributed by atoms with Crippen LogP contribution in [0.25, 0.3) is 0 Å². The normalized spacial score (nSPS) is 11.1. The van der Waals surface area contributed by atoms with Gasteiger partial charge in [0.15, 0.2) is 0 Å². The highest BCUT2D eigenvalue weighted by molar-refractivity contribution is 7.98. The maximum atomic E-state index is 5.85. The fourth-order valence-electron chi connectivity index (χ4n) is 1.33. The van der Waals surface area contributed by atoms with Crippen molar-refractivity contribution in [3.05, 3.63) is 45.4 Å². The minimum atomic E-state index is 0.571. The summed E-state index contributed by atoms with van der Waals surface area (Å²) < 4.78 is 0. The number of nitrogens with zero attached hydrogens (tertiary/aromatic N) is 1. The van der Waals surface area contributed by atoms with Crippen molar-refractivity contribution in [2.75, 3.05) is 0 Å². The lowest BCUT2D eigenvalue weighted by atomic mass is 10.2. The second-order valence-corrected chi connectivity index (χ2v) is 6.69. The van der Waals surface area contributed by atoms with Crippen LogP contribution in [0.2, 0.25) is 5.02 Å². The Balaban J connectivity index is 1.95. The molecule has 2 aromatic rings. The molecule has 0 bridgehead atoms. The lowest BCUT2D eigenvalue weighted by molar-refractivity contribution is 0.885. The minimum absolute atomic E-state index is 0.571. The molecule has 0 fully saturated rings. The molecule has 1 aromatic heterocycles. The molecular formula is C13H14ClNS2. The molecule has 0 saturated carbocycles. The van der Waals surface area contributed by atoms with E-state index in [-0.39, 0.29) is 0 Å². The Morgan fingerprint density at radius 1 is 1.29 bits per heavy atom. The number of rotatable bonds is 4. The summed E-state index contributed by atoms with van der Waals surface area (Å²) in [6, 6.07) is 7.94. The highest BCUT2D eigenvalue weighted by Crippen LogP contribution is 2.28. The van der Waals surface area contributed by atoms with Crippen molar-refractivity contribution in [3.8, 4) is 0 Å². The average Bonchev–Trinajstić information content (AvgIpc) is 2.77. The van der Waals surface area contributed by atoms with Gasteiger partial charge in [-0.15, -0.1) is 23.1 Å². The molecule has 4 heteroatoms. The number of hydrogen-bond donors (Lipinski definition) is 0. The zero-order valence-electron chi connectivity index (χ0n) is 9.81. The van der Waals surface area contributed by atoms with E-state index in [2.05, 4.69) is 18.8 Å². The molecular weight excluding hydrogens is 270 g/mol. The van der Waals surface area contributed by atoms with Gasteiger partial charge in [0.2, 0.25) is 0 Å². The number of aromatic nitrogens is 1. The van der Waals surface area contributed by atoms with Crippen molar-refractivity contribution in [1.29, 1.82) is 0 Å². The fourth-order valence-corrected chi connectivity index (χ4v) is 3.28. The smallest absolute Gasteiger partial charge is 0.103 e. The number of halogens is 1. The van der Waals surface area contributed by atoms with E-state index in [4.69, 9.17) is 11.6 Å². The van der Waals surface area contributed by atoms with Gasteiger partial charge in [-0.1, -0.05) is 25.4 Å². The molecule has 0 atom stereocenters. The largest absolute Gasteiger partial charge is 0.248 e. The Hall–Kier alpha value is -0.510. The lowest BCUT2D eigenvalue weighted by Crippen LogP contribution is -1.78. The van der Waals surface area contributed by atoms with Crippen LogP contribution in [0.15, 0.2) is 35.4 Å². The van der Waals surface area contributed by atoms with Crippen LogP contribution in [0, 0.1) is 0 Å². The Labute approximate surface area is 115 Å². The summed E-state index contributed by atoms with van der Waals surface area (Å²) in [5.41, 5.74) is 0. The van der Waals surface area contributed by atoms with Crippen molar-refractivity contribution in [1.82, 2.24) is 4.98 Å². The van der Waals surface area contributed by atoms with Gasteiger partial charge in [0.05, 0.1) is 5.75 Å². The van der Waals surface area contributed by atoms with Crippen LogP contribution in [0.4, 0.5) is 0 Å². The van der Waals surface area contributed by atoms with E-state index in [1.807, 2.05) is 30.5 Å². The molecule has 0 amide bonds. The second-order valence-electron chi connectivity index (χ2n) is 4.05. The zero-order valence-corrected chi connectivity index (χ0v) is 12.2. The van der Waals surface area contributed by atoms with Gasteiger partial charge in [-0.25, -0.2) is 4.98 Å². The van der Waals surface area contributed by atoms with Gasteiger partial charge >= 0.3 is 0 Å². The standard InChI is InChI=1S/C13H14ClNS2/c1-9(2)12-7-15-13(17-12)8-16-11-5-3-10(14)4-6-11/h3-7,9H,8H2,1-2H3. The molecule has 1 nitrogen and oxygen atoms in total. The molecule has 0 radical (unpaired) electrons. The molecule has 17 heavy (non-hydrogen) atoms. The average molecular weight is 284 g/mol. The van der Waals surface area contributed by atoms with E-state index in [1.54, 1.807) is 23.1 Å². The molecule has 1 heterocycles. The van der Waals surface area contributed by atoms with Gasteiger partial charge in [-0.3, -0.25) is 0 Å². The summed E-state index contributed by atoms with van der Waals surface area (Å²) in [7, 11) is 0. The summed E-state index contributed by atoms with van der Waals surface area (Å²) >= 11 is 9.45. The summed E-state index contributed by atoms with van der Waals surface area (Å²) in [6.45, 7) is 4.40. The maximum Gasteiger partial charge on any atom is 0.103 e. The monoisotopic (exact) mass is 283 g/mol. The van der Waals surface area contributed by atoms with Crippen molar-refractivity contribution in [2.45, 2.75) is 30.4 Å². The highest BCUT2D eigenvalue weighted by Gasteiger charge is 2.05. The maximum absolute atomic E-state index is 5.85. The lowest BCUT2D eigenvalue weighted by Gasteiger charge is -1.99. The van der Waals surface area contributed by atoms with Gasteiger partial charge in [-0.2, -0.15) is 0 Å². The van der Waals surface area contributed by atoms with Crippen LogP contribution in [0.1, 0.15) is 29.7 Å². The summed E-state index contributed by atoms with van der Waals surface area (Å²) in [5.74, 6) is 1.50. The van der Waals surface area contributed by atoms with E-state index in [0.29, 0.717) is 5.92 Å². The van der Waals surface area contributed by atoms with Crippen LogP contribution >= 0.6 is 34.7 Å². The first-order valence-corrected chi connectivity index (χ1v) is 7.66. The first-order valence-electron chi connectivity index (χ1n) is 5.48. The van der Waals surface area contributed by atoms with E-state index in [0.717, 1.165) is 10.8 Å². The Kier molecular flexibility index (Phi) is 4.48. The van der Waals surface area contributed by atoms with E-state index in [9.17, 15) is 0 Å². The molecule has 1 aromatic carbocycles. The van der Waals surface area contributed by atoms with Crippen LogP contribution in [-0.2, 0) is 5.75 Å². The van der Waals surface area contributed by atoms with Gasteiger partial charge in [0.1, 0.15) is 5.01 Å². The number of hydrogen-bond acceptors (Lipinski definition) is 3. The van der Waals surface area contributed by atoms with Gasteiger partial charge < -0.3 is 0 Å². The van der Waals surface area contributed by atoms with Crippen molar-refractivity contribution >= 4 is 34.7 Å². The molecule has 2 rings (SSSR count). The topological polar surface area (TPSA) is 12.9 Å². The predicted molar refractivity (Wildman–Crippen MR) is 77.2 cm³/mol. The molecule has 0 spiro atoms. The third kappa shape index (κ3) is 3.73. The fraction of sp³-hybridized carbons (Fsp3) is 0.308. The second kappa shape index (κ2) is 5.89. The first kappa shape index (κ1) is 12.9. The summed E-state index contributed by atoms with van der Waals surface area (Å²) in [6.07, 6.45) is 1.99.